The molecular formula is C13H17BrN2O2. The molecule has 1 amide bonds. The number of rotatable bonds is 2. The lowest BCUT2D eigenvalue weighted by molar-refractivity contribution is 0.0701. The second-order valence-corrected chi connectivity index (χ2v) is 5.85. The Morgan fingerprint density at radius 1 is 1.50 bits per heavy atom. The third-order valence-corrected chi connectivity index (χ3v) is 4.56. The molecule has 0 spiro atoms. The summed E-state index contributed by atoms with van der Waals surface area (Å²) in [5.74, 6) is -0.206. The Kier molecular flexibility index (Phi) is 4.22. The van der Waals surface area contributed by atoms with E-state index in [1.165, 1.54) is 18.8 Å². The van der Waals surface area contributed by atoms with E-state index in [2.05, 4.69) is 20.9 Å². The summed E-state index contributed by atoms with van der Waals surface area (Å²) in [6.45, 7) is 0. The Morgan fingerprint density at radius 3 is 2.89 bits per heavy atom. The van der Waals surface area contributed by atoms with Gasteiger partial charge in [0.15, 0.2) is 0 Å². The Hall–Kier alpha value is -1.10. The molecule has 0 radical (unpaired) electrons. The smallest absolute Gasteiger partial charge is 0.257 e. The second-order valence-electron chi connectivity index (χ2n) is 4.68. The first-order valence-electron chi connectivity index (χ1n) is 6.15. The Bertz CT molecular complexity index is 439. The van der Waals surface area contributed by atoms with Gasteiger partial charge in [-0.05, 0) is 18.9 Å². The van der Waals surface area contributed by atoms with Crippen LogP contribution in [0, 0.1) is 0 Å². The van der Waals surface area contributed by atoms with Crippen LogP contribution in [0.5, 0.6) is 5.75 Å². The van der Waals surface area contributed by atoms with Crippen LogP contribution in [-0.4, -0.2) is 38.8 Å². The minimum atomic E-state index is -0.147. The molecule has 0 aliphatic heterocycles. The zero-order valence-corrected chi connectivity index (χ0v) is 11.9. The number of pyridine rings is 1. The van der Waals surface area contributed by atoms with Gasteiger partial charge in [0.2, 0.25) is 0 Å². The number of aromatic nitrogens is 1. The monoisotopic (exact) mass is 312 g/mol. The first-order chi connectivity index (χ1) is 8.61. The molecule has 1 N–H and O–H groups in total. The fourth-order valence-corrected chi connectivity index (χ4v) is 3.35. The lowest BCUT2D eigenvalue weighted by Crippen LogP contribution is -2.44. The Balaban J connectivity index is 2.16. The molecule has 1 heterocycles. The molecule has 18 heavy (non-hydrogen) atoms. The van der Waals surface area contributed by atoms with Gasteiger partial charge in [-0.2, -0.15) is 0 Å². The molecule has 2 unspecified atom stereocenters. The summed E-state index contributed by atoms with van der Waals surface area (Å²) in [5.41, 5.74) is 0.317. The van der Waals surface area contributed by atoms with Crippen LogP contribution in [0.1, 0.15) is 36.0 Å². The van der Waals surface area contributed by atoms with Gasteiger partial charge >= 0.3 is 0 Å². The van der Waals surface area contributed by atoms with Crippen LogP contribution in [-0.2, 0) is 0 Å². The Labute approximate surface area is 115 Å². The van der Waals surface area contributed by atoms with Crippen LogP contribution in [0.2, 0.25) is 0 Å². The van der Waals surface area contributed by atoms with Crippen LogP contribution >= 0.6 is 15.9 Å². The van der Waals surface area contributed by atoms with Gasteiger partial charge in [-0.1, -0.05) is 28.8 Å². The molecule has 5 heteroatoms. The van der Waals surface area contributed by atoms with E-state index in [0.29, 0.717) is 10.4 Å². The number of nitrogens with zero attached hydrogens (tertiary/aromatic N) is 2. The van der Waals surface area contributed by atoms with E-state index in [0.717, 1.165) is 19.3 Å². The molecule has 0 aromatic carbocycles. The molecule has 2 rings (SSSR count). The molecule has 1 aromatic heterocycles. The van der Waals surface area contributed by atoms with Crippen molar-refractivity contribution in [1.29, 1.82) is 0 Å². The molecule has 4 nitrogen and oxygen atoms in total. The van der Waals surface area contributed by atoms with E-state index in [4.69, 9.17) is 0 Å². The molecule has 0 saturated heterocycles. The molecule has 1 saturated carbocycles. The lowest BCUT2D eigenvalue weighted by atomic mass is 9.94. The van der Waals surface area contributed by atoms with E-state index >= 15 is 0 Å². The van der Waals surface area contributed by atoms with Gasteiger partial charge in [-0.3, -0.25) is 9.78 Å². The molecule has 1 fully saturated rings. The second kappa shape index (κ2) is 5.69. The summed E-state index contributed by atoms with van der Waals surface area (Å²) in [6.07, 6.45) is 7.26. The van der Waals surface area contributed by atoms with E-state index < -0.39 is 0 Å². The minimum Gasteiger partial charge on any atom is -0.505 e. The van der Waals surface area contributed by atoms with Crippen molar-refractivity contribution in [2.45, 2.75) is 36.6 Å². The van der Waals surface area contributed by atoms with E-state index in [1.54, 1.807) is 18.0 Å². The van der Waals surface area contributed by atoms with E-state index in [1.807, 2.05) is 0 Å². The molecule has 1 aromatic rings. The van der Waals surface area contributed by atoms with Crippen LogP contribution in [0.4, 0.5) is 0 Å². The zero-order chi connectivity index (χ0) is 13.1. The first-order valence-corrected chi connectivity index (χ1v) is 7.07. The van der Waals surface area contributed by atoms with Crippen LogP contribution in [0.25, 0.3) is 0 Å². The van der Waals surface area contributed by atoms with Gasteiger partial charge in [-0.25, -0.2) is 0 Å². The van der Waals surface area contributed by atoms with Gasteiger partial charge in [-0.15, -0.1) is 0 Å². The molecule has 0 bridgehead atoms. The summed E-state index contributed by atoms with van der Waals surface area (Å²) in [7, 11) is 1.80. The topological polar surface area (TPSA) is 53.4 Å². The molecule has 1 aliphatic rings. The van der Waals surface area contributed by atoms with Crippen LogP contribution in [0.3, 0.4) is 0 Å². The first kappa shape index (κ1) is 13.3. The zero-order valence-electron chi connectivity index (χ0n) is 10.3. The van der Waals surface area contributed by atoms with Gasteiger partial charge in [0.1, 0.15) is 5.75 Å². The minimum absolute atomic E-state index is 0.0590. The average Bonchev–Trinajstić information content (AvgIpc) is 2.38. The van der Waals surface area contributed by atoms with Crippen LogP contribution < -0.4 is 0 Å². The number of aromatic hydroxyl groups is 1. The SMILES string of the molecule is CN(C(=O)c1ccncc1O)C1CCCCC1Br. The van der Waals surface area contributed by atoms with Crippen LogP contribution in [0.15, 0.2) is 18.5 Å². The van der Waals surface area contributed by atoms with Crippen molar-refractivity contribution < 1.29 is 9.90 Å². The molecule has 1 aliphatic carbocycles. The highest BCUT2D eigenvalue weighted by Gasteiger charge is 2.30. The molecule has 2 atom stereocenters. The van der Waals surface area contributed by atoms with E-state index in [-0.39, 0.29) is 17.7 Å². The number of amides is 1. The van der Waals surface area contributed by atoms with Crippen molar-refractivity contribution in [3.63, 3.8) is 0 Å². The summed E-state index contributed by atoms with van der Waals surface area (Å²) in [5, 5.41) is 9.67. The van der Waals surface area contributed by atoms with Crippen molar-refractivity contribution in [1.82, 2.24) is 9.88 Å². The van der Waals surface area contributed by atoms with Crippen molar-refractivity contribution in [3.05, 3.63) is 24.0 Å². The number of carbonyl (C=O) groups excluding carboxylic acids is 1. The third-order valence-electron chi connectivity index (χ3n) is 3.50. The quantitative estimate of drug-likeness (QED) is 0.854. The maximum Gasteiger partial charge on any atom is 0.257 e. The average molecular weight is 313 g/mol. The standard InChI is InChI=1S/C13H17BrN2O2/c1-16(11-5-3-2-4-10(11)14)13(18)9-6-7-15-8-12(9)17/h6-8,10-11,17H,2-5H2,1H3. The van der Waals surface area contributed by atoms with Crippen molar-refractivity contribution in [3.8, 4) is 5.75 Å². The van der Waals surface area contributed by atoms with Gasteiger partial charge in [0, 0.05) is 24.1 Å². The van der Waals surface area contributed by atoms with Crippen molar-refractivity contribution >= 4 is 21.8 Å². The summed E-state index contributed by atoms with van der Waals surface area (Å²) in [4.78, 5) is 18.2. The number of hydrogen-bond acceptors (Lipinski definition) is 3. The maximum absolute atomic E-state index is 12.3. The highest BCUT2D eigenvalue weighted by atomic mass is 79.9. The summed E-state index contributed by atoms with van der Waals surface area (Å²) < 4.78 is 0. The van der Waals surface area contributed by atoms with Crippen molar-refractivity contribution in [2.75, 3.05) is 7.05 Å². The fraction of sp³-hybridized carbons (Fsp3) is 0.538. The largest absolute Gasteiger partial charge is 0.505 e. The molecule has 98 valence electrons. The number of halogens is 1. The third kappa shape index (κ3) is 2.66. The van der Waals surface area contributed by atoms with E-state index in [9.17, 15) is 9.90 Å². The van der Waals surface area contributed by atoms with Crippen molar-refractivity contribution in [2.24, 2.45) is 0 Å². The van der Waals surface area contributed by atoms with Gasteiger partial charge < -0.3 is 10.0 Å². The van der Waals surface area contributed by atoms with Gasteiger partial charge in [0.05, 0.1) is 11.8 Å². The predicted octanol–water partition coefficient (Wildman–Crippen LogP) is 2.57. The number of carbonyl (C=O) groups is 1. The Morgan fingerprint density at radius 2 is 2.22 bits per heavy atom. The normalized spacial score (nSPS) is 23.7. The molecular weight excluding hydrogens is 296 g/mol. The summed E-state index contributed by atoms with van der Waals surface area (Å²) >= 11 is 3.65. The highest BCUT2D eigenvalue weighted by molar-refractivity contribution is 9.09. The highest BCUT2D eigenvalue weighted by Crippen LogP contribution is 2.29. The number of hydrogen-bond donors (Lipinski definition) is 1. The lowest BCUT2D eigenvalue weighted by Gasteiger charge is -2.35. The predicted molar refractivity (Wildman–Crippen MR) is 73.0 cm³/mol. The van der Waals surface area contributed by atoms with Gasteiger partial charge in [0.25, 0.3) is 5.91 Å². The fourth-order valence-electron chi connectivity index (χ4n) is 2.41. The maximum atomic E-state index is 12.3. The summed E-state index contributed by atoms with van der Waals surface area (Å²) in [6, 6.07) is 1.75. The number of alkyl halides is 1.